The Morgan fingerprint density at radius 2 is 1.79 bits per heavy atom. The van der Waals surface area contributed by atoms with Gasteiger partial charge in [0.05, 0.1) is 12.9 Å². The van der Waals surface area contributed by atoms with E-state index in [2.05, 4.69) is 15.6 Å². The average Bonchev–Trinajstić information content (AvgIpc) is 2.64. The number of nitrogens with one attached hydrogen (secondary N) is 2. The molecule has 0 fully saturated rings. The summed E-state index contributed by atoms with van der Waals surface area (Å²) in [6, 6.07) is 10.0. The number of aryl methyl sites for hydroxylation is 1. The summed E-state index contributed by atoms with van der Waals surface area (Å²) in [5.74, 6) is 0.782. The van der Waals surface area contributed by atoms with Crippen LogP contribution in [0.3, 0.4) is 0 Å². The number of aliphatic imine (C=N–C) groups is 1. The highest BCUT2D eigenvalue weighted by molar-refractivity contribution is 14.0. The maximum atomic E-state index is 13.6. The summed E-state index contributed by atoms with van der Waals surface area (Å²) in [6.07, 6.45) is 1.16. The van der Waals surface area contributed by atoms with Crippen molar-refractivity contribution in [2.75, 3.05) is 20.4 Å². The number of ether oxygens (including phenoxy) is 1. The van der Waals surface area contributed by atoms with E-state index in [9.17, 15) is 12.8 Å². The van der Waals surface area contributed by atoms with Crippen molar-refractivity contribution >= 4 is 39.8 Å². The number of hydrogen-bond acceptors (Lipinski definition) is 4. The molecule has 0 atom stereocenters. The molecule has 2 N–H and O–H groups in total. The van der Waals surface area contributed by atoms with Crippen LogP contribution in [0.4, 0.5) is 4.39 Å². The second-order valence-electron chi connectivity index (χ2n) is 6.57. The molecule has 29 heavy (non-hydrogen) atoms. The number of sulfone groups is 1. The SMILES string of the molecule is CN=C(NCc1ccc(C)c(OC)c1)NCc1cc(F)ccc1CS(C)(=O)=O.I. The normalized spacial score (nSPS) is 11.6. The van der Waals surface area contributed by atoms with Gasteiger partial charge in [-0.15, -0.1) is 24.0 Å². The van der Waals surface area contributed by atoms with Crippen LogP contribution >= 0.6 is 24.0 Å². The van der Waals surface area contributed by atoms with E-state index < -0.39 is 15.7 Å². The van der Waals surface area contributed by atoms with Crippen LogP contribution in [-0.2, 0) is 28.7 Å². The molecule has 0 aromatic heterocycles. The van der Waals surface area contributed by atoms with Crippen LogP contribution in [0.15, 0.2) is 41.4 Å². The number of rotatable bonds is 7. The molecule has 0 bridgehead atoms. The molecule has 0 saturated heterocycles. The molecule has 2 aromatic rings. The van der Waals surface area contributed by atoms with Crippen molar-refractivity contribution in [3.8, 4) is 5.75 Å². The van der Waals surface area contributed by atoms with Crippen LogP contribution < -0.4 is 15.4 Å². The maximum absolute atomic E-state index is 13.6. The molecule has 0 aliphatic carbocycles. The van der Waals surface area contributed by atoms with Crippen molar-refractivity contribution in [3.63, 3.8) is 0 Å². The third kappa shape index (κ3) is 8.17. The van der Waals surface area contributed by atoms with Crippen molar-refractivity contribution in [3.05, 3.63) is 64.5 Å². The number of methoxy groups -OCH3 is 1. The lowest BCUT2D eigenvalue weighted by molar-refractivity contribution is 0.411. The first-order valence-corrected chi connectivity index (χ1v) is 10.8. The topological polar surface area (TPSA) is 79.8 Å². The number of guanidine groups is 1. The van der Waals surface area contributed by atoms with Crippen LogP contribution in [0.2, 0.25) is 0 Å². The highest BCUT2D eigenvalue weighted by Crippen LogP contribution is 2.19. The number of benzene rings is 2. The third-order valence-electron chi connectivity index (χ3n) is 4.19. The van der Waals surface area contributed by atoms with Gasteiger partial charge in [-0.05, 0) is 47.4 Å². The molecule has 2 aromatic carbocycles. The zero-order chi connectivity index (χ0) is 20.7. The first-order valence-electron chi connectivity index (χ1n) is 8.75. The number of halogens is 2. The summed E-state index contributed by atoms with van der Waals surface area (Å²) in [5, 5.41) is 6.28. The van der Waals surface area contributed by atoms with Crippen molar-refractivity contribution in [1.82, 2.24) is 10.6 Å². The molecule has 0 saturated carbocycles. The van der Waals surface area contributed by atoms with Gasteiger partial charge in [-0.1, -0.05) is 18.2 Å². The molecule has 0 aliphatic heterocycles. The summed E-state index contributed by atoms with van der Waals surface area (Å²) < 4.78 is 42.2. The van der Waals surface area contributed by atoms with Gasteiger partial charge in [0.15, 0.2) is 15.8 Å². The molecule has 6 nitrogen and oxygen atoms in total. The predicted molar refractivity (Wildman–Crippen MR) is 125 cm³/mol. The molecular weight excluding hydrogens is 508 g/mol. The molecule has 160 valence electrons. The van der Waals surface area contributed by atoms with Crippen LogP contribution in [0.1, 0.15) is 22.3 Å². The van der Waals surface area contributed by atoms with E-state index in [4.69, 9.17) is 4.74 Å². The quantitative estimate of drug-likeness (QED) is 0.324. The largest absolute Gasteiger partial charge is 0.496 e. The Labute approximate surface area is 188 Å². The Kier molecular flexibility index (Phi) is 9.84. The Morgan fingerprint density at radius 1 is 1.10 bits per heavy atom. The monoisotopic (exact) mass is 535 g/mol. The summed E-state index contributed by atoms with van der Waals surface area (Å²) in [4.78, 5) is 4.16. The van der Waals surface area contributed by atoms with Crippen LogP contribution in [-0.4, -0.2) is 34.8 Å². The van der Waals surface area contributed by atoms with Gasteiger partial charge in [0.2, 0.25) is 0 Å². The lowest BCUT2D eigenvalue weighted by Gasteiger charge is -2.15. The third-order valence-corrected chi connectivity index (χ3v) is 5.02. The van der Waals surface area contributed by atoms with E-state index in [0.717, 1.165) is 23.1 Å². The second-order valence-corrected chi connectivity index (χ2v) is 8.71. The van der Waals surface area contributed by atoms with Gasteiger partial charge in [-0.25, -0.2) is 12.8 Å². The first kappa shape index (κ1) is 25.2. The van der Waals surface area contributed by atoms with Gasteiger partial charge in [0.25, 0.3) is 0 Å². The highest BCUT2D eigenvalue weighted by atomic mass is 127. The van der Waals surface area contributed by atoms with E-state index in [1.807, 2.05) is 25.1 Å². The Hall–Kier alpha value is -1.88. The first-order chi connectivity index (χ1) is 13.2. The fourth-order valence-electron chi connectivity index (χ4n) is 2.74. The maximum Gasteiger partial charge on any atom is 0.191 e. The van der Waals surface area contributed by atoms with Gasteiger partial charge >= 0.3 is 0 Å². The molecule has 0 heterocycles. The number of hydrogen-bond donors (Lipinski definition) is 2. The van der Waals surface area contributed by atoms with Gasteiger partial charge in [-0.2, -0.15) is 0 Å². The summed E-state index contributed by atoms with van der Waals surface area (Å²) in [5.41, 5.74) is 3.22. The van der Waals surface area contributed by atoms with Gasteiger partial charge in [0, 0.05) is 26.4 Å². The minimum absolute atomic E-state index is 0. The molecule has 0 aliphatic rings. The van der Waals surface area contributed by atoms with Crippen molar-refractivity contribution in [1.29, 1.82) is 0 Å². The average molecular weight is 535 g/mol. The Morgan fingerprint density at radius 3 is 2.41 bits per heavy atom. The van der Waals surface area contributed by atoms with Crippen molar-refractivity contribution < 1.29 is 17.5 Å². The molecule has 0 spiro atoms. The van der Waals surface area contributed by atoms with Crippen LogP contribution in [0.5, 0.6) is 5.75 Å². The van der Waals surface area contributed by atoms with E-state index >= 15 is 0 Å². The van der Waals surface area contributed by atoms with E-state index in [1.54, 1.807) is 14.2 Å². The summed E-state index contributed by atoms with van der Waals surface area (Å²) >= 11 is 0. The standard InChI is InChI=1S/C20H26FN3O3S.HI/c1-14-5-6-15(9-19(14)27-3)11-23-20(22-2)24-12-17-10-18(21)8-7-16(17)13-28(4,25)26;/h5-10H,11-13H2,1-4H3,(H2,22,23,24);1H. The zero-order valence-corrected chi connectivity index (χ0v) is 20.1. The zero-order valence-electron chi connectivity index (χ0n) is 17.0. The Bertz CT molecular complexity index is 965. The molecule has 0 amide bonds. The summed E-state index contributed by atoms with van der Waals surface area (Å²) in [7, 11) is 0.0440. The van der Waals surface area contributed by atoms with Gasteiger partial charge in [-0.3, -0.25) is 4.99 Å². The van der Waals surface area contributed by atoms with Gasteiger partial charge in [0.1, 0.15) is 11.6 Å². The van der Waals surface area contributed by atoms with Gasteiger partial charge < -0.3 is 15.4 Å². The Balaban J connectivity index is 0.00000420. The van der Waals surface area contributed by atoms with Crippen LogP contribution in [0.25, 0.3) is 0 Å². The van der Waals surface area contributed by atoms with Crippen molar-refractivity contribution in [2.45, 2.75) is 25.8 Å². The van der Waals surface area contributed by atoms with E-state index in [1.165, 1.54) is 18.2 Å². The fourth-order valence-corrected chi connectivity index (χ4v) is 3.59. The summed E-state index contributed by atoms with van der Waals surface area (Å²) in [6.45, 7) is 2.75. The molecule has 0 radical (unpaired) electrons. The number of nitrogens with zero attached hydrogens (tertiary/aromatic N) is 1. The van der Waals surface area contributed by atoms with Crippen LogP contribution in [0, 0.1) is 12.7 Å². The fraction of sp³-hybridized carbons (Fsp3) is 0.350. The molecule has 0 unspecified atom stereocenters. The minimum Gasteiger partial charge on any atom is -0.496 e. The predicted octanol–water partition coefficient (Wildman–Crippen LogP) is 3.17. The lowest BCUT2D eigenvalue weighted by Crippen LogP contribution is -2.36. The second kappa shape index (κ2) is 11.3. The molecule has 2 rings (SSSR count). The van der Waals surface area contributed by atoms with E-state index in [0.29, 0.717) is 23.6 Å². The lowest BCUT2D eigenvalue weighted by atomic mass is 10.1. The minimum atomic E-state index is -3.22. The van der Waals surface area contributed by atoms with E-state index in [-0.39, 0.29) is 36.3 Å². The highest BCUT2D eigenvalue weighted by Gasteiger charge is 2.11. The molecule has 9 heteroatoms. The van der Waals surface area contributed by atoms with Crippen molar-refractivity contribution in [2.24, 2.45) is 4.99 Å². The smallest absolute Gasteiger partial charge is 0.191 e. The molecular formula is C20H27FIN3O3S.